The van der Waals surface area contributed by atoms with Gasteiger partial charge in [0.2, 0.25) is 5.91 Å². The molecule has 0 atom stereocenters. The van der Waals surface area contributed by atoms with Crippen molar-refractivity contribution in [1.82, 2.24) is 4.90 Å². The molecule has 1 aromatic rings. The molecule has 1 aromatic carbocycles. The summed E-state index contributed by atoms with van der Waals surface area (Å²) in [4.78, 5) is 15.0. The maximum atomic E-state index is 12.1. The Kier molecular flexibility index (Phi) is 4.99. The quantitative estimate of drug-likeness (QED) is 0.688. The van der Waals surface area contributed by atoms with Crippen LogP contribution in [0.1, 0.15) is 19.8 Å². The highest BCUT2D eigenvalue weighted by Crippen LogP contribution is 2.28. The van der Waals surface area contributed by atoms with Crippen LogP contribution < -0.4 is 5.73 Å². The van der Waals surface area contributed by atoms with Crippen LogP contribution in [-0.2, 0) is 4.79 Å². The lowest BCUT2D eigenvalue weighted by molar-refractivity contribution is -0.129. The average molecular weight is 299 g/mol. The van der Waals surface area contributed by atoms with Crippen molar-refractivity contribution in [3.8, 4) is 0 Å². The molecular formula is C14H19ClN2OS. The number of anilines is 1. The van der Waals surface area contributed by atoms with E-state index >= 15 is 0 Å². The van der Waals surface area contributed by atoms with Crippen LogP contribution >= 0.6 is 23.4 Å². The van der Waals surface area contributed by atoms with Gasteiger partial charge in [0.25, 0.3) is 0 Å². The van der Waals surface area contributed by atoms with Crippen molar-refractivity contribution in [2.75, 3.05) is 24.6 Å². The Morgan fingerprint density at radius 3 is 2.79 bits per heavy atom. The van der Waals surface area contributed by atoms with Crippen molar-refractivity contribution in [3.63, 3.8) is 0 Å². The molecule has 1 aliphatic heterocycles. The number of carbonyl (C=O) groups excluding carboxylic acids is 1. The van der Waals surface area contributed by atoms with Crippen LogP contribution in [0.15, 0.2) is 23.1 Å². The summed E-state index contributed by atoms with van der Waals surface area (Å²) in [6.45, 7) is 4.01. The van der Waals surface area contributed by atoms with Crippen molar-refractivity contribution < 1.29 is 4.79 Å². The van der Waals surface area contributed by atoms with E-state index in [4.69, 9.17) is 17.3 Å². The number of hydrogen-bond acceptors (Lipinski definition) is 3. The van der Waals surface area contributed by atoms with Gasteiger partial charge in [-0.3, -0.25) is 4.79 Å². The molecule has 104 valence electrons. The predicted molar refractivity (Wildman–Crippen MR) is 81.6 cm³/mol. The predicted octanol–water partition coefficient (Wildman–Crippen LogP) is 3.27. The monoisotopic (exact) mass is 298 g/mol. The minimum absolute atomic E-state index is 0.200. The number of nitrogen functional groups attached to an aromatic ring is 1. The van der Waals surface area contributed by atoms with E-state index in [9.17, 15) is 4.79 Å². The standard InChI is InChI=1S/C14H19ClN2OS/c1-10-4-6-17(7-5-10)14(18)9-19-13-3-2-11(15)8-12(13)16/h2-3,8,10H,4-7,9,16H2,1H3. The van der Waals surface area contributed by atoms with E-state index < -0.39 is 0 Å². The smallest absolute Gasteiger partial charge is 0.232 e. The van der Waals surface area contributed by atoms with Gasteiger partial charge in [-0.1, -0.05) is 18.5 Å². The second-order valence-electron chi connectivity index (χ2n) is 5.03. The zero-order chi connectivity index (χ0) is 13.8. The van der Waals surface area contributed by atoms with E-state index in [0.29, 0.717) is 16.5 Å². The van der Waals surface area contributed by atoms with Crippen LogP contribution in [0.25, 0.3) is 0 Å². The molecule has 1 heterocycles. The fraction of sp³-hybridized carbons (Fsp3) is 0.500. The molecule has 1 amide bonds. The van der Waals surface area contributed by atoms with Gasteiger partial charge in [-0.15, -0.1) is 11.8 Å². The highest BCUT2D eigenvalue weighted by atomic mass is 35.5. The Morgan fingerprint density at radius 2 is 2.16 bits per heavy atom. The van der Waals surface area contributed by atoms with Gasteiger partial charge >= 0.3 is 0 Å². The van der Waals surface area contributed by atoms with Crippen LogP contribution in [0, 0.1) is 5.92 Å². The number of nitrogens with two attached hydrogens (primary N) is 1. The molecule has 19 heavy (non-hydrogen) atoms. The first-order valence-electron chi connectivity index (χ1n) is 6.52. The van der Waals surface area contributed by atoms with Crippen molar-refractivity contribution in [1.29, 1.82) is 0 Å². The van der Waals surface area contributed by atoms with Gasteiger partial charge in [0.05, 0.1) is 5.75 Å². The summed E-state index contributed by atoms with van der Waals surface area (Å²) >= 11 is 7.33. The molecular weight excluding hydrogens is 280 g/mol. The molecule has 1 saturated heterocycles. The summed E-state index contributed by atoms with van der Waals surface area (Å²) in [5.41, 5.74) is 6.51. The number of benzene rings is 1. The van der Waals surface area contributed by atoms with E-state index in [1.807, 2.05) is 11.0 Å². The molecule has 2 rings (SSSR count). The maximum absolute atomic E-state index is 12.1. The first kappa shape index (κ1) is 14.5. The zero-order valence-corrected chi connectivity index (χ0v) is 12.6. The lowest BCUT2D eigenvalue weighted by Crippen LogP contribution is -2.38. The minimum atomic E-state index is 0.200. The molecule has 0 aromatic heterocycles. The first-order chi connectivity index (χ1) is 9.06. The summed E-state index contributed by atoms with van der Waals surface area (Å²) in [6, 6.07) is 5.39. The molecule has 0 aliphatic carbocycles. The molecule has 1 aliphatic rings. The second kappa shape index (κ2) is 6.53. The number of amides is 1. The Balaban J connectivity index is 1.86. The van der Waals surface area contributed by atoms with Gasteiger partial charge in [-0.2, -0.15) is 0 Å². The van der Waals surface area contributed by atoms with Gasteiger partial charge in [0.1, 0.15) is 0 Å². The first-order valence-corrected chi connectivity index (χ1v) is 7.88. The molecule has 0 spiro atoms. The molecule has 3 nitrogen and oxygen atoms in total. The van der Waals surface area contributed by atoms with Gasteiger partial charge in [-0.05, 0) is 37.0 Å². The summed E-state index contributed by atoms with van der Waals surface area (Å²) in [5, 5.41) is 0.623. The van der Waals surface area contributed by atoms with E-state index in [0.717, 1.165) is 36.7 Å². The fourth-order valence-corrected chi connectivity index (χ4v) is 3.17. The minimum Gasteiger partial charge on any atom is -0.398 e. The van der Waals surface area contributed by atoms with Crippen LogP contribution in [0.4, 0.5) is 5.69 Å². The Bertz CT molecular complexity index is 459. The summed E-state index contributed by atoms with van der Waals surface area (Å²) in [5.74, 6) is 1.38. The third-order valence-corrected chi connectivity index (χ3v) is 4.77. The number of halogens is 1. The van der Waals surface area contributed by atoms with Crippen molar-refractivity contribution in [3.05, 3.63) is 23.2 Å². The topological polar surface area (TPSA) is 46.3 Å². The number of thioether (sulfide) groups is 1. The van der Waals surface area contributed by atoms with Crippen molar-refractivity contribution >= 4 is 35.0 Å². The lowest BCUT2D eigenvalue weighted by atomic mass is 9.99. The molecule has 0 bridgehead atoms. The van der Waals surface area contributed by atoms with E-state index in [-0.39, 0.29) is 5.91 Å². The van der Waals surface area contributed by atoms with Crippen LogP contribution in [-0.4, -0.2) is 29.6 Å². The molecule has 0 saturated carbocycles. The largest absolute Gasteiger partial charge is 0.398 e. The third-order valence-electron chi connectivity index (χ3n) is 3.46. The highest BCUT2D eigenvalue weighted by Gasteiger charge is 2.20. The molecule has 0 radical (unpaired) electrons. The van der Waals surface area contributed by atoms with Gasteiger partial charge in [-0.25, -0.2) is 0 Å². The highest BCUT2D eigenvalue weighted by molar-refractivity contribution is 8.00. The van der Waals surface area contributed by atoms with Crippen molar-refractivity contribution in [2.24, 2.45) is 5.92 Å². The Labute approximate surface area is 123 Å². The Hall–Kier alpha value is -0.870. The van der Waals surface area contributed by atoms with Crippen LogP contribution in [0.3, 0.4) is 0 Å². The van der Waals surface area contributed by atoms with E-state index in [2.05, 4.69) is 6.92 Å². The molecule has 2 N–H and O–H groups in total. The lowest BCUT2D eigenvalue weighted by Gasteiger charge is -2.30. The molecule has 5 heteroatoms. The summed E-state index contributed by atoms with van der Waals surface area (Å²) in [7, 11) is 0. The number of nitrogens with zero attached hydrogens (tertiary/aromatic N) is 1. The third kappa shape index (κ3) is 4.05. The number of rotatable bonds is 3. The van der Waals surface area contributed by atoms with E-state index in [1.165, 1.54) is 11.8 Å². The van der Waals surface area contributed by atoms with Gasteiger partial charge < -0.3 is 10.6 Å². The fourth-order valence-electron chi connectivity index (χ4n) is 2.14. The summed E-state index contributed by atoms with van der Waals surface area (Å²) in [6.07, 6.45) is 2.22. The number of hydrogen-bond donors (Lipinski definition) is 1. The number of carbonyl (C=O) groups is 1. The van der Waals surface area contributed by atoms with E-state index in [1.54, 1.807) is 12.1 Å². The zero-order valence-electron chi connectivity index (χ0n) is 11.1. The van der Waals surface area contributed by atoms with Gasteiger partial charge in [0, 0.05) is 28.7 Å². The van der Waals surface area contributed by atoms with Crippen molar-refractivity contribution in [2.45, 2.75) is 24.7 Å². The number of piperidine rings is 1. The molecule has 1 fully saturated rings. The maximum Gasteiger partial charge on any atom is 0.232 e. The SMILES string of the molecule is CC1CCN(C(=O)CSc2ccc(Cl)cc2N)CC1. The normalized spacial score (nSPS) is 16.6. The van der Waals surface area contributed by atoms with Gasteiger partial charge in [0.15, 0.2) is 0 Å². The summed E-state index contributed by atoms with van der Waals surface area (Å²) < 4.78 is 0. The molecule has 0 unspecified atom stereocenters. The van der Waals surface area contributed by atoms with Crippen LogP contribution in [0.2, 0.25) is 5.02 Å². The number of likely N-dealkylation sites (tertiary alicyclic amines) is 1. The van der Waals surface area contributed by atoms with Crippen LogP contribution in [0.5, 0.6) is 0 Å². The average Bonchev–Trinajstić information content (AvgIpc) is 2.38. The second-order valence-corrected chi connectivity index (χ2v) is 6.49. The Morgan fingerprint density at radius 1 is 1.47 bits per heavy atom.